The Balaban J connectivity index is 2.05. The highest BCUT2D eigenvalue weighted by atomic mass is 14.8. The Kier molecular flexibility index (Phi) is 1.86. The Bertz CT molecular complexity index is 669. The van der Waals surface area contributed by atoms with Gasteiger partial charge in [0.05, 0.1) is 11.1 Å². The summed E-state index contributed by atoms with van der Waals surface area (Å²) in [5.74, 6) is 0. The lowest BCUT2D eigenvalue weighted by Crippen LogP contribution is -2.35. The lowest BCUT2D eigenvalue weighted by Gasteiger charge is -2.34. The summed E-state index contributed by atoms with van der Waals surface area (Å²) in [5.41, 5.74) is 6.79. The third-order valence-electron chi connectivity index (χ3n) is 4.46. The number of nitrogens with zero attached hydrogens (tertiary/aromatic N) is 1. The van der Waals surface area contributed by atoms with E-state index in [0.29, 0.717) is 0 Å². The minimum Gasteiger partial charge on any atom is -0.256 e. The maximum atomic E-state index is 4.86. The number of aryl methyl sites for hydroxylation is 1. The van der Waals surface area contributed by atoms with Gasteiger partial charge in [-0.2, -0.15) is 0 Å². The molecule has 0 fully saturated rings. The first-order chi connectivity index (χ1) is 8.80. The molecule has 0 amide bonds. The van der Waals surface area contributed by atoms with Crippen molar-refractivity contribution in [2.75, 3.05) is 0 Å². The van der Waals surface area contributed by atoms with E-state index >= 15 is 0 Å². The summed E-state index contributed by atoms with van der Waals surface area (Å²) in [5, 5.41) is 0. The van der Waals surface area contributed by atoms with Crippen LogP contribution in [0.25, 0.3) is 0 Å². The second-order valence-electron chi connectivity index (χ2n) is 5.36. The van der Waals surface area contributed by atoms with Gasteiger partial charge < -0.3 is 0 Å². The van der Waals surface area contributed by atoms with Gasteiger partial charge in [-0.3, -0.25) is 4.99 Å². The van der Waals surface area contributed by atoms with Crippen molar-refractivity contribution in [3.8, 4) is 0 Å². The molecule has 18 heavy (non-hydrogen) atoms. The molecule has 1 nitrogen and oxygen atoms in total. The fraction of sp³-hybridized carbons (Fsp3) is 0.235. The average Bonchev–Trinajstić information content (AvgIpc) is 2.73. The summed E-state index contributed by atoms with van der Waals surface area (Å²) in [6.07, 6.45) is 2.21. The Labute approximate surface area is 107 Å². The molecular weight excluding hydrogens is 218 g/mol. The van der Waals surface area contributed by atoms with Crippen molar-refractivity contribution in [1.29, 1.82) is 0 Å². The van der Waals surface area contributed by atoms with Gasteiger partial charge in [0.1, 0.15) is 0 Å². The molecule has 4 rings (SSSR count). The zero-order chi connectivity index (χ0) is 12.2. The summed E-state index contributed by atoms with van der Waals surface area (Å²) < 4.78 is 0. The number of benzene rings is 2. The molecule has 0 spiro atoms. The van der Waals surface area contributed by atoms with Crippen molar-refractivity contribution in [1.82, 2.24) is 0 Å². The van der Waals surface area contributed by atoms with Crippen LogP contribution in [0.4, 0.5) is 5.69 Å². The molecule has 1 heterocycles. The van der Waals surface area contributed by atoms with Crippen molar-refractivity contribution in [3.63, 3.8) is 0 Å². The fourth-order valence-corrected chi connectivity index (χ4v) is 3.49. The Morgan fingerprint density at radius 3 is 2.50 bits per heavy atom. The first kappa shape index (κ1) is 10.1. The number of para-hydroxylation sites is 1. The van der Waals surface area contributed by atoms with Gasteiger partial charge in [0.15, 0.2) is 0 Å². The van der Waals surface area contributed by atoms with Crippen molar-refractivity contribution in [2.45, 2.75) is 25.2 Å². The predicted octanol–water partition coefficient (Wildman–Crippen LogP) is 4.02. The van der Waals surface area contributed by atoms with Crippen LogP contribution in [0.3, 0.4) is 0 Å². The summed E-state index contributed by atoms with van der Waals surface area (Å²) >= 11 is 0. The van der Waals surface area contributed by atoms with Gasteiger partial charge >= 0.3 is 0 Å². The third kappa shape index (κ3) is 1.09. The van der Waals surface area contributed by atoms with Gasteiger partial charge in [-0.25, -0.2) is 0 Å². The highest BCUT2D eigenvalue weighted by Gasteiger charge is 2.43. The van der Waals surface area contributed by atoms with Crippen LogP contribution in [0.15, 0.2) is 53.5 Å². The number of aliphatic imine (C=N–C) groups is 1. The summed E-state index contributed by atoms with van der Waals surface area (Å²) in [6, 6.07) is 17.4. The number of rotatable bonds is 0. The molecule has 2 aromatic carbocycles. The third-order valence-corrected chi connectivity index (χ3v) is 4.46. The highest BCUT2D eigenvalue weighted by Crippen LogP contribution is 2.48. The summed E-state index contributed by atoms with van der Waals surface area (Å²) in [7, 11) is 0. The first-order valence-corrected chi connectivity index (χ1v) is 6.56. The molecule has 1 aliphatic carbocycles. The molecule has 0 saturated heterocycles. The normalized spacial score (nSPS) is 23.9. The second-order valence-corrected chi connectivity index (χ2v) is 5.36. The maximum Gasteiger partial charge on any atom is 0.0674 e. The van der Waals surface area contributed by atoms with Crippen molar-refractivity contribution >= 4 is 11.4 Å². The van der Waals surface area contributed by atoms with Gasteiger partial charge in [-0.05, 0) is 42.5 Å². The van der Waals surface area contributed by atoms with E-state index in [1.807, 2.05) is 0 Å². The van der Waals surface area contributed by atoms with Gasteiger partial charge in [0, 0.05) is 5.71 Å². The molecular formula is C17H15N. The van der Waals surface area contributed by atoms with Crippen LogP contribution < -0.4 is 0 Å². The summed E-state index contributed by atoms with van der Waals surface area (Å²) in [6.45, 7) is 2.33. The second kappa shape index (κ2) is 3.32. The van der Waals surface area contributed by atoms with Gasteiger partial charge in [-0.15, -0.1) is 0 Å². The van der Waals surface area contributed by atoms with Crippen LogP contribution in [-0.2, 0) is 11.8 Å². The zero-order valence-corrected chi connectivity index (χ0v) is 10.5. The minimum absolute atomic E-state index is 0.00539. The summed E-state index contributed by atoms with van der Waals surface area (Å²) in [4.78, 5) is 4.86. The van der Waals surface area contributed by atoms with Crippen LogP contribution >= 0.6 is 0 Å². The Morgan fingerprint density at radius 2 is 1.61 bits per heavy atom. The molecule has 0 bridgehead atoms. The van der Waals surface area contributed by atoms with E-state index in [2.05, 4.69) is 55.5 Å². The van der Waals surface area contributed by atoms with Gasteiger partial charge in [0.25, 0.3) is 0 Å². The fourth-order valence-electron chi connectivity index (χ4n) is 3.49. The molecule has 88 valence electrons. The van der Waals surface area contributed by atoms with E-state index in [9.17, 15) is 0 Å². The maximum absolute atomic E-state index is 4.86. The molecule has 1 aliphatic heterocycles. The van der Waals surface area contributed by atoms with Gasteiger partial charge in [0.2, 0.25) is 0 Å². The quantitative estimate of drug-likeness (QED) is 0.651. The predicted molar refractivity (Wildman–Crippen MR) is 74.8 cm³/mol. The van der Waals surface area contributed by atoms with Crippen molar-refractivity contribution < 1.29 is 0 Å². The number of hydrogen-bond donors (Lipinski definition) is 0. The lowest BCUT2D eigenvalue weighted by molar-refractivity contribution is 0.720. The van der Waals surface area contributed by atoms with Crippen molar-refractivity contribution in [3.05, 3.63) is 65.2 Å². The van der Waals surface area contributed by atoms with Crippen LogP contribution in [0.5, 0.6) is 0 Å². The monoisotopic (exact) mass is 233 g/mol. The Morgan fingerprint density at radius 1 is 0.889 bits per heavy atom. The van der Waals surface area contributed by atoms with E-state index in [1.165, 1.54) is 22.4 Å². The molecule has 0 N–H and O–H groups in total. The molecule has 1 unspecified atom stereocenters. The largest absolute Gasteiger partial charge is 0.256 e. The molecule has 0 aromatic heterocycles. The van der Waals surface area contributed by atoms with Crippen LogP contribution in [0.1, 0.15) is 30.0 Å². The molecule has 0 saturated carbocycles. The van der Waals surface area contributed by atoms with Crippen LogP contribution in [0.2, 0.25) is 0 Å². The molecule has 2 aromatic rings. The van der Waals surface area contributed by atoms with E-state index in [1.54, 1.807) is 0 Å². The van der Waals surface area contributed by atoms with E-state index in [0.717, 1.165) is 18.5 Å². The zero-order valence-electron chi connectivity index (χ0n) is 10.5. The van der Waals surface area contributed by atoms with Gasteiger partial charge in [-0.1, -0.05) is 42.5 Å². The molecule has 1 heteroatoms. The van der Waals surface area contributed by atoms with E-state index < -0.39 is 0 Å². The molecule has 0 radical (unpaired) electrons. The highest BCUT2D eigenvalue weighted by molar-refractivity contribution is 6.05. The van der Waals surface area contributed by atoms with E-state index in [-0.39, 0.29) is 5.41 Å². The number of fused-ring (bicyclic) bond motifs is 5. The first-order valence-electron chi connectivity index (χ1n) is 6.56. The topological polar surface area (TPSA) is 12.4 Å². The van der Waals surface area contributed by atoms with Crippen LogP contribution in [0, 0.1) is 0 Å². The average molecular weight is 233 g/mol. The SMILES string of the molecule is CC12C(=Nc3ccccc31)CCc1ccccc12. The standard InChI is InChI=1S/C17H15N/c1-17-13-7-3-2-6-12(13)10-11-16(17)18-15-9-5-4-8-14(15)17/h2-9H,10-11H2,1H3. The van der Waals surface area contributed by atoms with Crippen molar-refractivity contribution in [2.24, 2.45) is 4.99 Å². The number of hydrogen-bond acceptors (Lipinski definition) is 1. The lowest BCUT2D eigenvalue weighted by atomic mass is 9.67. The molecule has 2 aliphatic rings. The smallest absolute Gasteiger partial charge is 0.0674 e. The van der Waals surface area contributed by atoms with Crippen LogP contribution in [-0.4, -0.2) is 5.71 Å². The Hall–Kier alpha value is -1.89. The minimum atomic E-state index is 0.00539. The van der Waals surface area contributed by atoms with E-state index in [4.69, 9.17) is 4.99 Å². The molecule has 1 atom stereocenters.